The van der Waals surface area contributed by atoms with Crippen LogP contribution in [0.1, 0.15) is 6.92 Å². The average Bonchev–Trinajstić information content (AvgIpc) is 3.08. The van der Waals surface area contributed by atoms with E-state index in [-0.39, 0.29) is 11.9 Å². The van der Waals surface area contributed by atoms with Crippen LogP contribution in [0.3, 0.4) is 0 Å². The van der Waals surface area contributed by atoms with Crippen LogP contribution in [-0.4, -0.2) is 23.3 Å². The molecule has 2 heterocycles. The van der Waals surface area contributed by atoms with Crippen molar-refractivity contribution in [1.29, 1.82) is 0 Å². The Balaban J connectivity index is 1.65. The molecule has 0 saturated carbocycles. The highest BCUT2D eigenvalue weighted by atomic mass is 32.2. The summed E-state index contributed by atoms with van der Waals surface area (Å²) in [6, 6.07) is 12.1. The molecule has 1 aromatic carbocycles. The van der Waals surface area contributed by atoms with Crippen LogP contribution in [0.15, 0.2) is 70.8 Å². The van der Waals surface area contributed by atoms with Gasteiger partial charge >= 0.3 is 5.97 Å². The van der Waals surface area contributed by atoms with Gasteiger partial charge in [-0.15, -0.1) is 11.8 Å². The predicted octanol–water partition coefficient (Wildman–Crippen LogP) is 4.95. The number of carbonyl (C=O) groups excluding carboxylic acids is 1. The number of esters is 1. The fourth-order valence-corrected chi connectivity index (χ4v) is 3.25. The van der Waals surface area contributed by atoms with Crippen LogP contribution in [0, 0.1) is 5.92 Å². The number of hydrogen-bond donors (Lipinski definition) is 0. The summed E-state index contributed by atoms with van der Waals surface area (Å²) in [6.07, 6.45) is 4.72. The molecule has 0 aliphatic rings. The van der Waals surface area contributed by atoms with Crippen molar-refractivity contribution in [2.45, 2.75) is 11.8 Å². The number of pyridine rings is 1. The molecular formula is C20H19NO3S. The molecule has 5 heteroatoms. The lowest BCUT2D eigenvalue weighted by atomic mass is 10.2. The molecule has 25 heavy (non-hydrogen) atoms. The summed E-state index contributed by atoms with van der Waals surface area (Å²) in [4.78, 5) is 16.3. The molecule has 3 aromatic rings. The summed E-state index contributed by atoms with van der Waals surface area (Å²) in [5, 5.41) is 1.07. The number of benzene rings is 1. The van der Waals surface area contributed by atoms with Gasteiger partial charge in [0, 0.05) is 40.1 Å². The van der Waals surface area contributed by atoms with E-state index in [4.69, 9.17) is 9.15 Å². The zero-order valence-corrected chi connectivity index (χ0v) is 14.8. The number of thioether (sulfide) groups is 1. The zero-order chi connectivity index (χ0) is 17.6. The fraction of sp³-hybridized carbons (Fsp3) is 0.200. The lowest BCUT2D eigenvalue weighted by molar-refractivity contribution is -0.138. The largest absolute Gasteiger partial charge is 0.462 e. The number of aromatic nitrogens is 1. The van der Waals surface area contributed by atoms with Crippen LogP contribution in [0.25, 0.3) is 22.3 Å². The van der Waals surface area contributed by atoms with Crippen molar-refractivity contribution in [2.75, 3.05) is 12.4 Å². The molecule has 0 aliphatic carbocycles. The molecule has 4 nitrogen and oxygen atoms in total. The maximum absolute atomic E-state index is 11.1. The maximum Gasteiger partial charge on any atom is 0.330 e. The van der Waals surface area contributed by atoms with Crippen molar-refractivity contribution in [2.24, 2.45) is 5.92 Å². The summed E-state index contributed by atoms with van der Waals surface area (Å²) in [5.41, 5.74) is 1.82. The Morgan fingerprint density at radius 1 is 1.40 bits per heavy atom. The van der Waals surface area contributed by atoms with Crippen molar-refractivity contribution < 1.29 is 13.9 Å². The van der Waals surface area contributed by atoms with Crippen LogP contribution in [0.5, 0.6) is 0 Å². The third kappa shape index (κ3) is 4.51. The van der Waals surface area contributed by atoms with Crippen molar-refractivity contribution >= 4 is 28.7 Å². The standard InChI is InChI=1S/C20H19NO3S/c1-3-20(22)23-12-14(2)13-25-17-7-6-15-9-18(24-19(15)10-17)16-5-4-8-21-11-16/h3-11,14H,1,12-13H2,2H3. The summed E-state index contributed by atoms with van der Waals surface area (Å²) in [6.45, 7) is 5.84. The normalized spacial score (nSPS) is 12.0. The average molecular weight is 353 g/mol. The third-order valence-electron chi connectivity index (χ3n) is 3.65. The van der Waals surface area contributed by atoms with E-state index in [1.807, 2.05) is 24.3 Å². The minimum absolute atomic E-state index is 0.257. The van der Waals surface area contributed by atoms with Gasteiger partial charge in [-0.3, -0.25) is 4.98 Å². The first-order valence-corrected chi connectivity index (χ1v) is 9.00. The highest BCUT2D eigenvalue weighted by Crippen LogP contribution is 2.31. The minimum Gasteiger partial charge on any atom is -0.462 e. The van der Waals surface area contributed by atoms with Gasteiger partial charge in [-0.25, -0.2) is 4.79 Å². The number of ether oxygens (including phenoxy) is 1. The molecule has 0 radical (unpaired) electrons. The van der Waals surface area contributed by atoms with E-state index in [9.17, 15) is 4.79 Å². The molecule has 0 fully saturated rings. The van der Waals surface area contributed by atoms with E-state index in [1.165, 1.54) is 6.08 Å². The first kappa shape index (κ1) is 17.3. The van der Waals surface area contributed by atoms with Gasteiger partial charge in [0.15, 0.2) is 0 Å². The van der Waals surface area contributed by atoms with Gasteiger partial charge in [0.1, 0.15) is 11.3 Å². The number of hydrogen-bond acceptors (Lipinski definition) is 5. The lowest BCUT2D eigenvalue weighted by Crippen LogP contribution is -2.11. The molecule has 1 unspecified atom stereocenters. The Morgan fingerprint density at radius 2 is 2.28 bits per heavy atom. The van der Waals surface area contributed by atoms with Crippen LogP contribution in [0.2, 0.25) is 0 Å². The molecule has 0 aliphatic heterocycles. The molecular weight excluding hydrogens is 334 g/mol. The van der Waals surface area contributed by atoms with Crippen LogP contribution in [0.4, 0.5) is 0 Å². The summed E-state index contributed by atoms with van der Waals surface area (Å²) >= 11 is 1.72. The second-order valence-corrected chi connectivity index (χ2v) is 6.90. The molecule has 0 bridgehead atoms. The van der Waals surface area contributed by atoms with Crippen molar-refractivity contribution in [3.63, 3.8) is 0 Å². The van der Waals surface area contributed by atoms with E-state index in [0.29, 0.717) is 6.61 Å². The van der Waals surface area contributed by atoms with Crippen molar-refractivity contribution in [3.05, 3.63) is 61.4 Å². The number of furan rings is 1. The Morgan fingerprint density at radius 3 is 3.04 bits per heavy atom. The number of carbonyl (C=O) groups is 1. The van der Waals surface area contributed by atoms with Crippen LogP contribution < -0.4 is 0 Å². The third-order valence-corrected chi connectivity index (χ3v) is 4.97. The molecule has 2 aromatic heterocycles. The lowest BCUT2D eigenvalue weighted by Gasteiger charge is -2.10. The van der Waals surface area contributed by atoms with E-state index >= 15 is 0 Å². The second-order valence-electron chi connectivity index (χ2n) is 5.80. The maximum atomic E-state index is 11.1. The van der Waals surface area contributed by atoms with Gasteiger partial charge in [0.25, 0.3) is 0 Å². The number of rotatable bonds is 7. The molecule has 3 rings (SSSR count). The number of nitrogens with zero attached hydrogens (tertiary/aromatic N) is 1. The molecule has 0 saturated heterocycles. The Bertz CT molecular complexity index is 873. The van der Waals surface area contributed by atoms with Gasteiger partial charge in [-0.05, 0) is 42.3 Å². The summed E-state index contributed by atoms with van der Waals surface area (Å²) < 4.78 is 11.0. The molecule has 0 N–H and O–H groups in total. The highest BCUT2D eigenvalue weighted by Gasteiger charge is 2.09. The first-order chi connectivity index (χ1) is 12.2. The molecule has 1 atom stereocenters. The van der Waals surface area contributed by atoms with Gasteiger partial charge in [-0.2, -0.15) is 0 Å². The molecule has 128 valence electrons. The fourth-order valence-electron chi connectivity index (χ4n) is 2.32. The summed E-state index contributed by atoms with van der Waals surface area (Å²) in [7, 11) is 0. The van der Waals surface area contributed by atoms with E-state index < -0.39 is 0 Å². The molecule has 0 amide bonds. The Hall–Kier alpha value is -2.53. The van der Waals surface area contributed by atoms with Crippen LogP contribution in [-0.2, 0) is 9.53 Å². The van der Waals surface area contributed by atoms with Crippen molar-refractivity contribution in [3.8, 4) is 11.3 Å². The number of fused-ring (bicyclic) bond motifs is 1. The zero-order valence-electron chi connectivity index (χ0n) is 14.0. The summed E-state index contributed by atoms with van der Waals surface area (Å²) in [5.74, 6) is 1.55. The van der Waals surface area contributed by atoms with Crippen molar-refractivity contribution in [1.82, 2.24) is 4.98 Å². The quantitative estimate of drug-likeness (QED) is 0.342. The van der Waals surface area contributed by atoms with E-state index in [1.54, 1.807) is 24.2 Å². The van der Waals surface area contributed by atoms with Gasteiger partial charge in [0.2, 0.25) is 0 Å². The minimum atomic E-state index is -0.378. The van der Waals surface area contributed by atoms with E-state index in [0.717, 1.165) is 32.9 Å². The Kier molecular flexibility index (Phi) is 5.56. The smallest absolute Gasteiger partial charge is 0.330 e. The van der Waals surface area contributed by atoms with Crippen LogP contribution >= 0.6 is 11.8 Å². The first-order valence-electron chi connectivity index (χ1n) is 8.01. The predicted molar refractivity (Wildman–Crippen MR) is 100 cm³/mol. The molecule has 0 spiro atoms. The monoisotopic (exact) mass is 353 g/mol. The van der Waals surface area contributed by atoms with Gasteiger partial charge in [0.05, 0.1) is 6.61 Å². The van der Waals surface area contributed by atoms with Gasteiger partial charge < -0.3 is 9.15 Å². The van der Waals surface area contributed by atoms with E-state index in [2.05, 4.69) is 30.6 Å². The topological polar surface area (TPSA) is 52.3 Å². The highest BCUT2D eigenvalue weighted by molar-refractivity contribution is 7.99. The second kappa shape index (κ2) is 8.03. The SMILES string of the molecule is C=CC(=O)OCC(C)CSc1ccc2cc(-c3cccnc3)oc2c1. The van der Waals surface area contributed by atoms with Gasteiger partial charge in [-0.1, -0.05) is 13.5 Å². The Labute approximate surface area is 150 Å².